The molecule has 0 aromatic heterocycles. The molecule has 2 aromatic carbocycles. The van der Waals surface area contributed by atoms with Crippen LogP contribution in [0.1, 0.15) is 26.3 Å². The number of alkyl halides is 2. The van der Waals surface area contributed by atoms with Crippen molar-refractivity contribution in [3.8, 4) is 5.75 Å². The Labute approximate surface area is 147 Å². The number of amides is 1. The van der Waals surface area contributed by atoms with Crippen LogP contribution in [0.15, 0.2) is 36.4 Å². The maximum Gasteiger partial charge on any atom is 0.387 e. The van der Waals surface area contributed by atoms with E-state index in [1.54, 1.807) is 6.07 Å². The molecule has 0 radical (unpaired) electrons. The van der Waals surface area contributed by atoms with E-state index in [1.807, 2.05) is 0 Å². The molecule has 0 atom stereocenters. The van der Waals surface area contributed by atoms with Crippen LogP contribution in [0.3, 0.4) is 0 Å². The Bertz CT molecular complexity index is 784. The zero-order valence-electron chi connectivity index (χ0n) is 13.2. The van der Waals surface area contributed by atoms with Gasteiger partial charge in [-0.2, -0.15) is 8.78 Å². The number of hydrogen-bond acceptors (Lipinski definition) is 4. The molecule has 0 aliphatic carbocycles. The third-order valence-corrected chi connectivity index (χ3v) is 3.66. The van der Waals surface area contributed by atoms with Gasteiger partial charge in [0.2, 0.25) is 0 Å². The lowest BCUT2D eigenvalue weighted by Crippen LogP contribution is -2.20. The lowest BCUT2D eigenvalue weighted by molar-refractivity contribution is -0.0504. The fourth-order valence-corrected chi connectivity index (χ4v) is 2.44. The molecule has 25 heavy (non-hydrogen) atoms. The Morgan fingerprint density at radius 3 is 2.72 bits per heavy atom. The van der Waals surface area contributed by atoms with Gasteiger partial charge >= 0.3 is 6.61 Å². The highest BCUT2D eigenvalue weighted by Gasteiger charge is 2.15. The summed E-state index contributed by atoms with van der Waals surface area (Å²) in [5.41, 5.74) is 1.18. The molecule has 0 aliphatic heterocycles. The van der Waals surface area contributed by atoms with Gasteiger partial charge in [0.05, 0.1) is 5.56 Å². The van der Waals surface area contributed by atoms with Crippen LogP contribution < -0.4 is 15.4 Å². The number of nitrogens with one attached hydrogen (secondary N) is 2. The average molecular weight is 369 g/mol. The molecule has 0 unspecified atom stereocenters. The van der Waals surface area contributed by atoms with Crippen LogP contribution in [-0.2, 0) is 6.54 Å². The van der Waals surface area contributed by atoms with E-state index in [2.05, 4.69) is 15.4 Å². The van der Waals surface area contributed by atoms with Crippen molar-refractivity contribution in [2.75, 3.05) is 12.4 Å². The predicted molar refractivity (Wildman–Crippen MR) is 90.6 cm³/mol. The second kappa shape index (κ2) is 8.43. The van der Waals surface area contributed by atoms with E-state index < -0.39 is 6.61 Å². The van der Waals surface area contributed by atoms with Crippen molar-refractivity contribution in [2.24, 2.45) is 0 Å². The molecule has 0 saturated heterocycles. The molecule has 0 heterocycles. The van der Waals surface area contributed by atoms with E-state index in [-0.39, 0.29) is 29.3 Å². The molecule has 5 nitrogen and oxygen atoms in total. The fourth-order valence-electron chi connectivity index (χ4n) is 2.27. The highest BCUT2D eigenvalue weighted by atomic mass is 35.5. The van der Waals surface area contributed by atoms with Gasteiger partial charge in [-0.1, -0.05) is 23.7 Å². The number of carbonyl (C=O) groups excluding carboxylic acids is 2. The summed E-state index contributed by atoms with van der Waals surface area (Å²) in [5, 5.41) is 5.83. The summed E-state index contributed by atoms with van der Waals surface area (Å²) in [7, 11) is 1.48. The third-order valence-electron chi connectivity index (χ3n) is 3.42. The van der Waals surface area contributed by atoms with Gasteiger partial charge in [0.25, 0.3) is 5.91 Å². The summed E-state index contributed by atoms with van der Waals surface area (Å²) in [4.78, 5) is 23.1. The Balaban J connectivity index is 2.34. The van der Waals surface area contributed by atoms with E-state index in [9.17, 15) is 18.4 Å². The van der Waals surface area contributed by atoms with Crippen molar-refractivity contribution in [3.63, 3.8) is 0 Å². The van der Waals surface area contributed by atoms with Crippen LogP contribution in [0.25, 0.3) is 0 Å². The zero-order chi connectivity index (χ0) is 18.4. The van der Waals surface area contributed by atoms with Gasteiger partial charge in [0.15, 0.2) is 6.29 Å². The Kier molecular flexibility index (Phi) is 6.30. The number of benzene rings is 2. The first kappa shape index (κ1) is 18.7. The van der Waals surface area contributed by atoms with Crippen molar-refractivity contribution < 1.29 is 23.1 Å². The van der Waals surface area contributed by atoms with Crippen molar-refractivity contribution in [1.29, 1.82) is 0 Å². The van der Waals surface area contributed by atoms with Gasteiger partial charge in [0.1, 0.15) is 5.75 Å². The maximum absolute atomic E-state index is 12.6. The minimum atomic E-state index is -3.02. The molecule has 2 aromatic rings. The van der Waals surface area contributed by atoms with E-state index >= 15 is 0 Å². The third kappa shape index (κ3) is 4.67. The van der Waals surface area contributed by atoms with E-state index in [0.29, 0.717) is 22.6 Å². The molecule has 1 amide bonds. The molecule has 0 saturated carbocycles. The van der Waals surface area contributed by atoms with Gasteiger partial charge in [-0.05, 0) is 24.3 Å². The van der Waals surface area contributed by atoms with Crippen LogP contribution in [-0.4, -0.2) is 25.9 Å². The van der Waals surface area contributed by atoms with Crippen LogP contribution in [0.2, 0.25) is 5.02 Å². The summed E-state index contributed by atoms with van der Waals surface area (Å²) in [6, 6.07) is 8.89. The normalized spacial score (nSPS) is 10.4. The van der Waals surface area contributed by atoms with Crippen molar-refractivity contribution in [3.05, 3.63) is 58.1 Å². The zero-order valence-corrected chi connectivity index (χ0v) is 13.9. The number of ether oxygens (including phenoxy) is 1. The number of carbonyl (C=O) groups is 2. The lowest BCUT2D eigenvalue weighted by Gasteiger charge is -2.16. The van der Waals surface area contributed by atoms with Gasteiger partial charge < -0.3 is 15.4 Å². The smallest absolute Gasteiger partial charge is 0.387 e. The van der Waals surface area contributed by atoms with Gasteiger partial charge in [-0.15, -0.1) is 0 Å². The second-order valence-electron chi connectivity index (χ2n) is 4.94. The van der Waals surface area contributed by atoms with Crippen LogP contribution in [0.4, 0.5) is 14.5 Å². The van der Waals surface area contributed by atoms with E-state index in [1.165, 1.54) is 37.4 Å². The molecule has 0 aliphatic rings. The first-order valence-electron chi connectivity index (χ1n) is 7.23. The Morgan fingerprint density at radius 2 is 2.08 bits per heavy atom. The lowest BCUT2D eigenvalue weighted by atomic mass is 10.1. The molecule has 2 rings (SSSR count). The SMILES string of the molecule is CNC(=O)c1ccc(Cl)cc1NCc1c(C=O)cccc1OC(F)F. The molecule has 2 N–H and O–H groups in total. The number of aldehydes is 1. The molecular weight excluding hydrogens is 354 g/mol. The van der Waals surface area contributed by atoms with Gasteiger partial charge in [0, 0.05) is 35.4 Å². The first-order valence-corrected chi connectivity index (χ1v) is 7.61. The molecule has 8 heteroatoms. The quantitative estimate of drug-likeness (QED) is 0.731. The molecule has 0 bridgehead atoms. The highest BCUT2D eigenvalue weighted by molar-refractivity contribution is 6.31. The molecular formula is C17H15ClF2N2O3. The highest BCUT2D eigenvalue weighted by Crippen LogP contribution is 2.27. The second-order valence-corrected chi connectivity index (χ2v) is 5.38. The topological polar surface area (TPSA) is 67.4 Å². The first-order chi connectivity index (χ1) is 12.0. The van der Waals surface area contributed by atoms with Crippen LogP contribution in [0.5, 0.6) is 5.75 Å². The molecule has 0 fully saturated rings. The minimum absolute atomic E-state index is 0.0126. The average Bonchev–Trinajstić information content (AvgIpc) is 2.59. The summed E-state index contributed by atoms with van der Waals surface area (Å²) in [6.07, 6.45) is 0.549. The number of halogens is 3. The number of rotatable bonds is 7. The van der Waals surface area contributed by atoms with E-state index in [4.69, 9.17) is 11.6 Å². The van der Waals surface area contributed by atoms with Crippen LogP contribution >= 0.6 is 11.6 Å². The number of hydrogen-bond donors (Lipinski definition) is 2. The van der Waals surface area contributed by atoms with E-state index in [0.717, 1.165) is 0 Å². The summed E-state index contributed by atoms with van der Waals surface area (Å²) in [6.45, 7) is -3.03. The fraction of sp³-hybridized carbons (Fsp3) is 0.176. The van der Waals surface area contributed by atoms with Crippen molar-refractivity contribution >= 4 is 29.5 Å². The standard InChI is InChI=1S/C17H15ClF2N2O3/c1-21-16(24)12-6-5-11(18)7-14(12)22-8-13-10(9-23)3-2-4-15(13)25-17(19)20/h2-7,9,17,22H,8H2,1H3,(H,21,24). The monoisotopic (exact) mass is 368 g/mol. The van der Waals surface area contributed by atoms with Gasteiger partial charge in [-0.3, -0.25) is 9.59 Å². The summed E-state index contributed by atoms with van der Waals surface area (Å²) >= 11 is 5.95. The number of anilines is 1. The Hall–Kier alpha value is -2.67. The molecule has 0 spiro atoms. The summed E-state index contributed by atoms with van der Waals surface area (Å²) in [5.74, 6) is -0.456. The van der Waals surface area contributed by atoms with Gasteiger partial charge in [-0.25, -0.2) is 0 Å². The van der Waals surface area contributed by atoms with Crippen molar-refractivity contribution in [1.82, 2.24) is 5.32 Å². The minimum Gasteiger partial charge on any atom is -0.434 e. The largest absolute Gasteiger partial charge is 0.434 e. The predicted octanol–water partition coefficient (Wildman–Crippen LogP) is 3.73. The molecule has 132 valence electrons. The maximum atomic E-state index is 12.6. The summed E-state index contributed by atoms with van der Waals surface area (Å²) < 4.78 is 29.6. The van der Waals surface area contributed by atoms with Crippen molar-refractivity contribution in [2.45, 2.75) is 13.2 Å². The Morgan fingerprint density at radius 1 is 1.32 bits per heavy atom. The van der Waals surface area contributed by atoms with Crippen LogP contribution in [0, 0.1) is 0 Å².